The first-order chi connectivity index (χ1) is 12.9. The summed E-state index contributed by atoms with van der Waals surface area (Å²) >= 11 is 0. The van der Waals surface area contributed by atoms with Gasteiger partial charge in [0.15, 0.2) is 11.6 Å². The minimum atomic E-state index is -0.772. The van der Waals surface area contributed by atoms with Gasteiger partial charge < -0.3 is 4.57 Å². The maximum absolute atomic E-state index is 13.5. The monoisotopic (exact) mass is 374 g/mol. The highest BCUT2D eigenvalue weighted by molar-refractivity contribution is 5.18. The molecule has 0 N–H and O–H groups in total. The molecular weight excluding hydrogens is 346 g/mol. The van der Waals surface area contributed by atoms with Crippen molar-refractivity contribution in [1.82, 2.24) is 19.4 Å². The fourth-order valence-corrected chi connectivity index (χ4v) is 4.76. The molecule has 0 radical (unpaired) electrons. The van der Waals surface area contributed by atoms with E-state index in [2.05, 4.69) is 26.4 Å². The van der Waals surface area contributed by atoms with Crippen molar-refractivity contribution in [3.05, 3.63) is 53.1 Å². The van der Waals surface area contributed by atoms with Crippen LogP contribution in [0, 0.1) is 24.0 Å². The first-order valence-electron chi connectivity index (χ1n) is 9.80. The minimum absolute atomic E-state index is 0.324. The molecule has 27 heavy (non-hydrogen) atoms. The number of hydrogen-bond acceptors (Lipinski definition) is 3. The zero-order chi connectivity index (χ0) is 19.0. The summed E-state index contributed by atoms with van der Waals surface area (Å²) in [5.41, 5.74) is 2.44. The first-order valence-corrected chi connectivity index (χ1v) is 9.80. The van der Waals surface area contributed by atoms with Gasteiger partial charge in [0, 0.05) is 39.4 Å². The fourth-order valence-electron chi connectivity index (χ4n) is 4.76. The highest BCUT2D eigenvalue weighted by Gasteiger charge is 2.41. The average molecular weight is 374 g/mol. The first kappa shape index (κ1) is 18.6. The molecule has 0 amide bonds. The van der Waals surface area contributed by atoms with Crippen LogP contribution in [0.5, 0.6) is 0 Å². The molecule has 6 heteroatoms. The molecule has 3 heterocycles. The molecule has 0 aliphatic carbocycles. The molecular formula is C21H28F2N4. The van der Waals surface area contributed by atoms with E-state index < -0.39 is 11.6 Å². The molecule has 1 aromatic heterocycles. The van der Waals surface area contributed by atoms with Gasteiger partial charge in [0.1, 0.15) is 5.82 Å². The zero-order valence-electron chi connectivity index (χ0n) is 16.2. The van der Waals surface area contributed by atoms with E-state index in [1.165, 1.54) is 37.1 Å². The van der Waals surface area contributed by atoms with E-state index in [9.17, 15) is 8.78 Å². The minimum Gasteiger partial charge on any atom is -0.334 e. The Kier molecular flexibility index (Phi) is 5.03. The topological polar surface area (TPSA) is 24.3 Å². The molecule has 2 aromatic rings. The number of benzene rings is 1. The van der Waals surface area contributed by atoms with Gasteiger partial charge in [0.25, 0.3) is 0 Å². The van der Waals surface area contributed by atoms with Gasteiger partial charge in [-0.05, 0) is 62.4 Å². The Morgan fingerprint density at radius 1 is 1.04 bits per heavy atom. The lowest BCUT2D eigenvalue weighted by atomic mass is 9.79. The lowest BCUT2D eigenvalue weighted by Gasteiger charge is -2.40. The molecule has 2 aliphatic rings. The van der Waals surface area contributed by atoms with Crippen LogP contribution < -0.4 is 0 Å². The molecule has 1 unspecified atom stereocenters. The van der Waals surface area contributed by atoms with Gasteiger partial charge in [-0.3, -0.25) is 9.80 Å². The SMILES string of the molecule is Cc1ncc(CN2CCC3(CCCN(Cc4ccc(F)c(F)c4)C3)C2)n1C. The van der Waals surface area contributed by atoms with E-state index in [0.717, 1.165) is 44.1 Å². The van der Waals surface area contributed by atoms with Crippen LogP contribution in [-0.4, -0.2) is 45.5 Å². The summed E-state index contributed by atoms with van der Waals surface area (Å²) in [6, 6.07) is 4.27. The van der Waals surface area contributed by atoms with Crippen molar-refractivity contribution in [1.29, 1.82) is 0 Å². The van der Waals surface area contributed by atoms with Gasteiger partial charge in [0.2, 0.25) is 0 Å². The van der Waals surface area contributed by atoms with Gasteiger partial charge in [-0.25, -0.2) is 13.8 Å². The summed E-state index contributed by atoms with van der Waals surface area (Å²) in [4.78, 5) is 9.35. The van der Waals surface area contributed by atoms with Crippen molar-refractivity contribution in [3.8, 4) is 0 Å². The van der Waals surface area contributed by atoms with Crippen molar-refractivity contribution in [3.63, 3.8) is 0 Å². The van der Waals surface area contributed by atoms with Crippen molar-refractivity contribution in [2.24, 2.45) is 12.5 Å². The van der Waals surface area contributed by atoms with Crippen molar-refractivity contribution in [2.45, 2.75) is 39.3 Å². The smallest absolute Gasteiger partial charge is 0.159 e. The van der Waals surface area contributed by atoms with Gasteiger partial charge in [-0.2, -0.15) is 0 Å². The second-order valence-corrected chi connectivity index (χ2v) is 8.38. The Morgan fingerprint density at radius 3 is 2.52 bits per heavy atom. The summed E-state index contributed by atoms with van der Waals surface area (Å²) in [5.74, 6) is -0.474. The van der Waals surface area contributed by atoms with Crippen molar-refractivity contribution in [2.75, 3.05) is 26.2 Å². The summed E-state index contributed by atoms with van der Waals surface area (Å²) in [7, 11) is 2.08. The van der Waals surface area contributed by atoms with Crippen LogP contribution in [0.15, 0.2) is 24.4 Å². The molecule has 1 spiro atoms. The predicted octanol–water partition coefficient (Wildman–Crippen LogP) is 3.49. The molecule has 4 rings (SSSR count). The maximum Gasteiger partial charge on any atom is 0.159 e. The fraction of sp³-hybridized carbons (Fsp3) is 0.571. The normalized spacial score (nSPS) is 24.1. The lowest BCUT2D eigenvalue weighted by Crippen LogP contribution is -2.44. The van der Waals surface area contributed by atoms with Gasteiger partial charge in [0.05, 0.1) is 5.69 Å². The molecule has 4 nitrogen and oxygen atoms in total. The standard InChI is InChI=1S/C21H28F2N4/c1-16-24-11-18(25(16)2)13-27-9-7-21(15-27)6-3-8-26(14-21)12-17-4-5-19(22)20(23)10-17/h4-5,10-11H,3,6-9,12-15H2,1-2H3. The van der Waals surface area contributed by atoms with E-state index in [0.29, 0.717) is 12.0 Å². The highest BCUT2D eigenvalue weighted by atomic mass is 19.2. The summed E-state index contributed by atoms with van der Waals surface area (Å²) in [5, 5.41) is 0. The Balaban J connectivity index is 1.38. The van der Waals surface area contributed by atoms with Gasteiger partial charge >= 0.3 is 0 Å². The number of likely N-dealkylation sites (tertiary alicyclic amines) is 2. The summed E-state index contributed by atoms with van der Waals surface area (Å²) in [6.45, 7) is 7.96. The Morgan fingerprint density at radius 2 is 1.81 bits per heavy atom. The Labute approximate surface area is 159 Å². The average Bonchev–Trinajstić information content (AvgIpc) is 3.16. The molecule has 2 saturated heterocycles. The van der Waals surface area contributed by atoms with Crippen LogP contribution in [0.2, 0.25) is 0 Å². The molecule has 2 fully saturated rings. The highest BCUT2D eigenvalue weighted by Crippen LogP contribution is 2.39. The second-order valence-electron chi connectivity index (χ2n) is 8.38. The Bertz CT molecular complexity index is 819. The second kappa shape index (κ2) is 7.32. The molecule has 2 aliphatic heterocycles. The number of nitrogens with zero attached hydrogens (tertiary/aromatic N) is 4. The third kappa shape index (κ3) is 3.92. The quantitative estimate of drug-likeness (QED) is 0.819. The molecule has 0 saturated carbocycles. The van der Waals surface area contributed by atoms with Crippen LogP contribution in [0.25, 0.3) is 0 Å². The van der Waals surface area contributed by atoms with Crippen LogP contribution in [0.4, 0.5) is 8.78 Å². The van der Waals surface area contributed by atoms with Crippen LogP contribution >= 0.6 is 0 Å². The number of rotatable bonds is 4. The third-order valence-electron chi connectivity index (χ3n) is 6.35. The van der Waals surface area contributed by atoms with E-state index in [1.54, 1.807) is 6.07 Å². The largest absolute Gasteiger partial charge is 0.334 e. The Hall–Kier alpha value is -1.79. The number of piperidine rings is 1. The van der Waals surface area contributed by atoms with E-state index in [-0.39, 0.29) is 0 Å². The van der Waals surface area contributed by atoms with Crippen molar-refractivity contribution >= 4 is 0 Å². The number of halogens is 2. The lowest BCUT2D eigenvalue weighted by molar-refractivity contribution is 0.0863. The zero-order valence-corrected chi connectivity index (χ0v) is 16.2. The maximum atomic E-state index is 13.5. The molecule has 1 aromatic carbocycles. The van der Waals surface area contributed by atoms with Gasteiger partial charge in [-0.15, -0.1) is 0 Å². The molecule has 0 bridgehead atoms. The number of aromatic nitrogens is 2. The van der Waals surface area contributed by atoms with Crippen LogP contribution in [-0.2, 0) is 20.1 Å². The summed E-state index contributed by atoms with van der Waals surface area (Å²) in [6.07, 6.45) is 5.61. The third-order valence-corrected chi connectivity index (χ3v) is 6.35. The van der Waals surface area contributed by atoms with E-state index >= 15 is 0 Å². The number of aryl methyl sites for hydroxylation is 1. The van der Waals surface area contributed by atoms with Crippen LogP contribution in [0.1, 0.15) is 36.3 Å². The van der Waals surface area contributed by atoms with E-state index in [1.807, 2.05) is 13.1 Å². The molecule has 1 atom stereocenters. The molecule has 146 valence electrons. The van der Waals surface area contributed by atoms with Crippen molar-refractivity contribution < 1.29 is 8.78 Å². The van der Waals surface area contributed by atoms with E-state index in [4.69, 9.17) is 0 Å². The number of imidazole rings is 1. The van der Waals surface area contributed by atoms with Crippen LogP contribution in [0.3, 0.4) is 0 Å². The number of hydrogen-bond donors (Lipinski definition) is 0. The van der Waals surface area contributed by atoms with Gasteiger partial charge in [-0.1, -0.05) is 6.07 Å². The predicted molar refractivity (Wildman–Crippen MR) is 101 cm³/mol. The summed E-state index contributed by atoms with van der Waals surface area (Å²) < 4.78 is 28.9.